The molecule has 0 saturated carbocycles. The summed E-state index contributed by atoms with van der Waals surface area (Å²) in [7, 11) is 0. The predicted molar refractivity (Wildman–Crippen MR) is 81.4 cm³/mol. The molecule has 0 amide bonds. The van der Waals surface area contributed by atoms with Crippen molar-refractivity contribution in [3.8, 4) is 5.75 Å². The molecule has 0 aliphatic rings. The highest BCUT2D eigenvalue weighted by molar-refractivity contribution is 5.34. The monoisotopic (exact) mass is 268 g/mol. The minimum Gasteiger partial charge on any atom is -0.508 e. The summed E-state index contributed by atoms with van der Waals surface area (Å²) in [5.74, 6) is 0.381. The molecule has 0 spiro atoms. The minimum atomic E-state index is -0.200. The van der Waals surface area contributed by atoms with Crippen LogP contribution >= 0.6 is 0 Å². The molecule has 20 heavy (non-hydrogen) atoms. The van der Waals surface area contributed by atoms with Gasteiger partial charge in [0.25, 0.3) is 0 Å². The van der Waals surface area contributed by atoms with Crippen LogP contribution in [-0.4, -0.2) is 5.11 Å². The number of ether oxygens (including phenoxy) is 1. The number of hydrogen-bond donors (Lipinski definition) is 1. The van der Waals surface area contributed by atoms with Crippen molar-refractivity contribution in [2.24, 2.45) is 5.92 Å². The zero-order valence-corrected chi connectivity index (χ0v) is 11.7. The zero-order chi connectivity index (χ0) is 14.4. The van der Waals surface area contributed by atoms with Gasteiger partial charge in [-0.3, -0.25) is 0 Å². The molecule has 0 fully saturated rings. The molecule has 104 valence electrons. The predicted octanol–water partition coefficient (Wildman–Crippen LogP) is 4.47. The fraction of sp³-hybridized carbons (Fsp3) is 0.222. The molecule has 0 bridgehead atoms. The van der Waals surface area contributed by atoms with Gasteiger partial charge in [-0.25, -0.2) is 0 Å². The molecule has 2 aromatic rings. The Bertz CT molecular complexity index is 548. The van der Waals surface area contributed by atoms with Gasteiger partial charge in [0.05, 0.1) is 12.7 Å². The van der Waals surface area contributed by atoms with Gasteiger partial charge < -0.3 is 9.84 Å². The Hall–Kier alpha value is -2.06. The summed E-state index contributed by atoms with van der Waals surface area (Å²) < 4.78 is 6.02. The first-order valence-corrected chi connectivity index (χ1v) is 6.78. The second-order valence-corrected chi connectivity index (χ2v) is 4.87. The van der Waals surface area contributed by atoms with Crippen LogP contribution in [0, 0.1) is 5.92 Å². The lowest BCUT2D eigenvalue weighted by molar-refractivity contribution is 0.0151. The second-order valence-electron chi connectivity index (χ2n) is 4.87. The van der Waals surface area contributed by atoms with Gasteiger partial charge in [-0.05, 0) is 11.6 Å². The molecule has 2 heteroatoms. The van der Waals surface area contributed by atoms with Gasteiger partial charge in [0.2, 0.25) is 0 Å². The van der Waals surface area contributed by atoms with E-state index in [-0.39, 0.29) is 17.8 Å². The van der Waals surface area contributed by atoms with Crippen molar-refractivity contribution < 1.29 is 9.84 Å². The largest absolute Gasteiger partial charge is 0.508 e. The summed E-state index contributed by atoms with van der Waals surface area (Å²) in [6.07, 6.45) is 1.65. The molecule has 2 nitrogen and oxygen atoms in total. The zero-order valence-electron chi connectivity index (χ0n) is 11.7. The Morgan fingerprint density at radius 2 is 1.75 bits per heavy atom. The Labute approximate surface area is 120 Å². The highest BCUT2D eigenvalue weighted by Gasteiger charge is 2.20. The number of benzene rings is 2. The molecule has 0 aliphatic carbocycles. The van der Waals surface area contributed by atoms with Crippen molar-refractivity contribution in [3.63, 3.8) is 0 Å². The number of rotatable bonds is 6. The molecule has 2 aromatic carbocycles. The Morgan fingerprint density at radius 3 is 2.40 bits per heavy atom. The van der Waals surface area contributed by atoms with E-state index in [1.807, 2.05) is 61.5 Å². The summed E-state index contributed by atoms with van der Waals surface area (Å²) in [5.41, 5.74) is 1.92. The van der Waals surface area contributed by atoms with E-state index in [1.54, 1.807) is 6.07 Å². The average molecular weight is 268 g/mol. The normalized spacial score (nSPS) is 13.7. The molecule has 0 aliphatic heterocycles. The van der Waals surface area contributed by atoms with Gasteiger partial charge in [-0.1, -0.05) is 61.5 Å². The van der Waals surface area contributed by atoms with E-state index in [0.717, 1.165) is 11.1 Å². The van der Waals surface area contributed by atoms with E-state index in [9.17, 15) is 5.11 Å². The van der Waals surface area contributed by atoms with Crippen LogP contribution < -0.4 is 0 Å². The molecule has 0 saturated heterocycles. The van der Waals surface area contributed by atoms with Crippen molar-refractivity contribution >= 4 is 0 Å². The topological polar surface area (TPSA) is 29.5 Å². The maximum Gasteiger partial charge on any atom is 0.121 e. The van der Waals surface area contributed by atoms with Gasteiger partial charge in [0.15, 0.2) is 0 Å². The summed E-state index contributed by atoms with van der Waals surface area (Å²) >= 11 is 0. The molecular weight excluding hydrogens is 248 g/mol. The molecule has 1 N–H and O–H groups in total. The molecule has 2 rings (SSSR count). The molecule has 0 unspecified atom stereocenters. The smallest absolute Gasteiger partial charge is 0.121 e. The van der Waals surface area contributed by atoms with Crippen LogP contribution in [0.3, 0.4) is 0 Å². The van der Waals surface area contributed by atoms with Crippen molar-refractivity contribution in [1.82, 2.24) is 0 Å². The van der Waals surface area contributed by atoms with Crippen molar-refractivity contribution in [2.45, 2.75) is 19.6 Å². The van der Waals surface area contributed by atoms with Gasteiger partial charge in [-0.15, -0.1) is 6.58 Å². The lowest BCUT2D eigenvalue weighted by Crippen LogP contribution is -2.12. The van der Waals surface area contributed by atoms with Crippen molar-refractivity contribution in [3.05, 3.63) is 78.4 Å². The fourth-order valence-corrected chi connectivity index (χ4v) is 2.14. The quantitative estimate of drug-likeness (QED) is 0.783. The third-order valence-electron chi connectivity index (χ3n) is 3.36. The standard InChI is InChI=1S/C18H20O2/c1-3-14(2)18(16-11-7-8-12-17(16)19)20-13-15-9-5-4-6-10-15/h3-12,14,18-19H,1,13H2,2H3/t14-,18+/m0/s1. The minimum absolute atomic E-state index is 0.118. The Balaban J connectivity index is 2.17. The maximum absolute atomic E-state index is 10.0. The summed E-state index contributed by atoms with van der Waals surface area (Å²) in [5, 5.41) is 10.0. The Kier molecular flexibility index (Phi) is 4.97. The molecule has 0 aromatic heterocycles. The maximum atomic E-state index is 10.0. The number of phenols is 1. The second kappa shape index (κ2) is 6.92. The first kappa shape index (κ1) is 14.4. The highest BCUT2D eigenvalue weighted by Crippen LogP contribution is 2.33. The van der Waals surface area contributed by atoms with Gasteiger partial charge in [0.1, 0.15) is 5.75 Å². The van der Waals surface area contributed by atoms with E-state index in [1.165, 1.54) is 0 Å². The third kappa shape index (κ3) is 3.49. The first-order chi connectivity index (χ1) is 9.72. The van der Waals surface area contributed by atoms with Gasteiger partial charge >= 0.3 is 0 Å². The van der Waals surface area contributed by atoms with Gasteiger partial charge in [-0.2, -0.15) is 0 Å². The van der Waals surface area contributed by atoms with E-state index in [0.29, 0.717) is 6.61 Å². The third-order valence-corrected chi connectivity index (χ3v) is 3.36. The summed E-state index contributed by atoms with van der Waals surface area (Å²) in [6.45, 7) is 6.38. The van der Waals surface area contributed by atoms with Gasteiger partial charge in [0, 0.05) is 11.5 Å². The van der Waals surface area contributed by atoms with Crippen LogP contribution in [0.15, 0.2) is 67.3 Å². The summed E-state index contributed by atoms with van der Waals surface area (Å²) in [4.78, 5) is 0. The number of phenolic OH excluding ortho intramolecular Hbond substituents is 1. The highest BCUT2D eigenvalue weighted by atomic mass is 16.5. The summed E-state index contributed by atoms with van der Waals surface area (Å²) in [6, 6.07) is 17.3. The lowest BCUT2D eigenvalue weighted by atomic mass is 9.96. The molecular formula is C18H20O2. The van der Waals surface area contributed by atoms with Crippen LogP contribution in [0.25, 0.3) is 0 Å². The molecule has 2 atom stereocenters. The SMILES string of the molecule is C=C[C@H](C)[C@@H](OCc1ccccc1)c1ccccc1O. The fourth-order valence-electron chi connectivity index (χ4n) is 2.14. The molecule has 0 heterocycles. The molecule has 0 radical (unpaired) electrons. The number of aromatic hydroxyl groups is 1. The lowest BCUT2D eigenvalue weighted by Gasteiger charge is -2.23. The van der Waals surface area contributed by atoms with E-state index >= 15 is 0 Å². The number of para-hydroxylation sites is 1. The van der Waals surface area contributed by atoms with E-state index in [2.05, 4.69) is 6.58 Å². The van der Waals surface area contributed by atoms with Crippen LogP contribution in [0.4, 0.5) is 0 Å². The van der Waals surface area contributed by atoms with Crippen molar-refractivity contribution in [1.29, 1.82) is 0 Å². The van der Waals surface area contributed by atoms with Crippen LogP contribution in [-0.2, 0) is 11.3 Å². The average Bonchev–Trinajstić information content (AvgIpc) is 2.50. The van der Waals surface area contributed by atoms with Crippen molar-refractivity contribution in [2.75, 3.05) is 0 Å². The first-order valence-electron chi connectivity index (χ1n) is 6.78. The van der Waals surface area contributed by atoms with E-state index in [4.69, 9.17) is 4.74 Å². The van der Waals surface area contributed by atoms with Crippen LogP contribution in [0.2, 0.25) is 0 Å². The number of hydrogen-bond acceptors (Lipinski definition) is 2. The van der Waals surface area contributed by atoms with Crippen LogP contribution in [0.5, 0.6) is 5.75 Å². The van der Waals surface area contributed by atoms with E-state index < -0.39 is 0 Å². The van der Waals surface area contributed by atoms with Crippen LogP contribution in [0.1, 0.15) is 24.2 Å². The Morgan fingerprint density at radius 1 is 1.10 bits per heavy atom.